The number of anilines is 2. The van der Waals surface area contributed by atoms with Crippen LogP contribution in [0.15, 0.2) is 42.5 Å². The van der Waals surface area contributed by atoms with Crippen molar-refractivity contribution in [3.8, 4) is 17.6 Å². The zero-order valence-electron chi connectivity index (χ0n) is 18.9. The van der Waals surface area contributed by atoms with Gasteiger partial charge in [0.25, 0.3) is 5.91 Å². The average Bonchev–Trinajstić information content (AvgIpc) is 2.84. The van der Waals surface area contributed by atoms with Crippen molar-refractivity contribution in [1.29, 1.82) is 5.26 Å². The second-order valence-electron chi connectivity index (χ2n) is 7.51. The number of morpholine rings is 1. The molecule has 1 aliphatic heterocycles. The third-order valence-corrected chi connectivity index (χ3v) is 5.30. The van der Waals surface area contributed by atoms with E-state index in [-0.39, 0.29) is 12.5 Å². The summed E-state index contributed by atoms with van der Waals surface area (Å²) in [5, 5.41) is 9.11. The molecule has 32 heavy (non-hydrogen) atoms. The molecular weight excluding hydrogens is 406 g/mol. The summed E-state index contributed by atoms with van der Waals surface area (Å²) in [6.07, 6.45) is 1.89. The molecule has 0 atom stereocenters. The van der Waals surface area contributed by atoms with Crippen LogP contribution in [-0.4, -0.2) is 52.0 Å². The van der Waals surface area contributed by atoms with Crippen LogP contribution in [0.3, 0.4) is 0 Å². The lowest BCUT2D eigenvalue weighted by atomic mass is 10.2. The number of hydrogen-bond donors (Lipinski definition) is 0. The lowest BCUT2D eigenvalue weighted by Crippen LogP contribution is -2.37. The number of nitriles is 1. The quantitative estimate of drug-likeness (QED) is 0.559. The summed E-state index contributed by atoms with van der Waals surface area (Å²) >= 11 is 0. The standard InChI is InChI=1S/C25H31N3O4/c1-3-5-12-28(22-9-7-21(8-10-22)27-13-15-30-16-14-27)25(29)19-32-23-11-6-20(18-26)17-24(23)31-4-2/h6-11,17H,3-5,12-16,19H2,1-2H3. The second kappa shape index (κ2) is 12.0. The number of amides is 1. The van der Waals surface area contributed by atoms with Crippen molar-refractivity contribution < 1.29 is 19.0 Å². The molecule has 0 N–H and O–H groups in total. The van der Waals surface area contributed by atoms with Gasteiger partial charge in [-0.1, -0.05) is 13.3 Å². The summed E-state index contributed by atoms with van der Waals surface area (Å²) < 4.78 is 16.8. The van der Waals surface area contributed by atoms with E-state index in [4.69, 9.17) is 19.5 Å². The van der Waals surface area contributed by atoms with Gasteiger partial charge in [0.1, 0.15) is 0 Å². The number of unbranched alkanes of at least 4 members (excludes halogenated alkanes) is 1. The molecule has 7 nitrogen and oxygen atoms in total. The van der Waals surface area contributed by atoms with Crippen LogP contribution in [0.1, 0.15) is 32.3 Å². The highest BCUT2D eigenvalue weighted by Gasteiger charge is 2.18. The summed E-state index contributed by atoms with van der Waals surface area (Å²) in [5.41, 5.74) is 2.47. The van der Waals surface area contributed by atoms with Gasteiger partial charge in [-0.25, -0.2) is 0 Å². The third kappa shape index (κ3) is 6.14. The predicted octanol–water partition coefficient (Wildman–Crippen LogP) is 4.01. The van der Waals surface area contributed by atoms with E-state index in [9.17, 15) is 4.79 Å². The maximum Gasteiger partial charge on any atom is 0.264 e. The molecule has 0 bridgehead atoms. The zero-order valence-corrected chi connectivity index (χ0v) is 18.9. The molecule has 1 fully saturated rings. The van der Waals surface area contributed by atoms with Crippen LogP contribution in [0.4, 0.5) is 11.4 Å². The van der Waals surface area contributed by atoms with Crippen molar-refractivity contribution in [3.63, 3.8) is 0 Å². The molecule has 2 aromatic carbocycles. The maximum absolute atomic E-state index is 13.1. The normalized spacial score (nSPS) is 13.3. The smallest absolute Gasteiger partial charge is 0.264 e. The Labute approximate surface area is 190 Å². The zero-order chi connectivity index (χ0) is 22.8. The van der Waals surface area contributed by atoms with E-state index in [0.717, 1.165) is 50.5 Å². The molecule has 1 amide bonds. The fourth-order valence-corrected chi connectivity index (χ4v) is 3.56. The average molecular weight is 438 g/mol. The second-order valence-corrected chi connectivity index (χ2v) is 7.51. The van der Waals surface area contributed by atoms with E-state index < -0.39 is 0 Å². The molecule has 0 unspecified atom stereocenters. The first-order chi connectivity index (χ1) is 15.7. The number of carbonyl (C=O) groups excluding carboxylic acids is 1. The fourth-order valence-electron chi connectivity index (χ4n) is 3.56. The van der Waals surface area contributed by atoms with Crippen LogP contribution in [0.2, 0.25) is 0 Å². The molecule has 3 rings (SSSR count). The monoisotopic (exact) mass is 437 g/mol. The Morgan fingerprint density at radius 3 is 2.50 bits per heavy atom. The number of carbonyl (C=O) groups is 1. The van der Waals surface area contributed by atoms with Crippen molar-refractivity contribution in [1.82, 2.24) is 0 Å². The van der Waals surface area contributed by atoms with Crippen molar-refractivity contribution in [2.45, 2.75) is 26.7 Å². The van der Waals surface area contributed by atoms with Gasteiger partial charge in [0.15, 0.2) is 18.1 Å². The molecule has 170 valence electrons. The van der Waals surface area contributed by atoms with E-state index in [1.165, 1.54) is 0 Å². The fraction of sp³-hybridized carbons (Fsp3) is 0.440. The Morgan fingerprint density at radius 2 is 1.84 bits per heavy atom. The molecule has 0 saturated carbocycles. The van der Waals surface area contributed by atoms with Crippen molar-refractivity contribution >= 4 is 17.3 Å². The van der Waals surface area contributed by atoms with Crippen LogP contribution in [0.5, 0.6) is 11.5 Å². The summed E-state index contributed by atoms with van der Waals surface area (Å²) in [7, 11) is 0. The van der Waals surface area contributed by atoms with Gasteiger partial charge in [-0.15, -0.1) is 0 Å². The van der Waals surface area contributed by atoms with E-state index in [0.29, 0.717) is 30.2 Å². The van der Waals surface area contributed by atoms with Crippen LogP contribution < -0.4 is 19.3 Å². The Morgan fingerprint density at radius 1 is 1.09 bits per heavy atom. The molecule has 1 aliphatic rings. The predicted molar refractivity (Wildman–Crippen MR) is 125 cm³/mol. The van der Waals surface area contributed by atoms with E-state index in [1.807, 2.05) is 19.1 Å². The maximum atomic E-state index is 13.1. The third-order valence-electron chi connectivity index (χ3n) is 5.30. The minimum absolute atomic E-state index is 0.110. The van der Waals surface area contributed by atoms with Gasteiger partial charge in [0.05, 0.1) is 31.5 Å². The highest BCUT2D eigenvalue weighted by molar-refractivity contribution is 5.94. The molecule has 1 heterocycles. The molecule has 0 aromatic heterocycles. The van der Waals surface area contributed by atoms with Crippen molar-refractivity contribution in [2.24, 2.45) is 0 Å². The minimum Gasteiger partial charge on any atom is -0.490 e. The van der Waals surface area contributed by atoms with Gasteiger partial charge < -0.3 is 24.0 Å². The number of rotatable bonds is 10. The molecule has 2 aromatic rings. The lowest BCUT2D eigenvalue weighted by molar-refractivity contribution is -0.120. The van der Waals surface area contributed by atoms with E-state index in [1.54, 1.807) is 23.1 Å². The minimum atomic E-state index is -0.121. The van der Waals surface area contributed by atoms with Crippen molar-refractivity contribution in [3.05, 3.63) is 48.0 Å². The van der Waals surface area contributed by atoms with Crippen LogP contribution >= 0.6 is 0 Å². The Balaban J connectivity index is 1.70. The highest BCUT2D eigenvalue weighted by Crippen LogP contribution is 2.29. The van der Waals surface area contributed by atoms with E-state index >= 15 is 0 Å². The number of nitrogens with zero attached hydrogens (tertiary/aromatic N) is 3. The molecule has 0 spiro atoms. The Bertz CT molecular complexity index is 918. The van der Waals surface area contributed by atoms with Crippen LogP contribution in [-0.2, 0) is 9.53 Å². The van der Waals surface area contributed by atoms with Gasteiger partial charge in [0, 0.05) is 37.1 Å². The first-order valence-corrected chi connectivity index (χ1v) is 11.2. The first-order valence-electron chi connectivity index (χ1n) is 11.2. The molecular formula is C25H31N3O4. The Hall–Kier alpha value is -3.24. The lowest BCUT2D eigenvalue weighted by Gasteiger charge is -2.29. The van der Waals surface area contributed by atoms with E-state index in [2.05, 4.69) is 30.0 Å². The number of benzene rings is 2. The van der Waals surface area contributed by atoms with Crippen molar-refractivity contribution in [2.75, 3.05) is 55.9 Å². The summed E-state index contributed by atoms with van der Waals surface area (Å²) in [5.74, 6) is 0.802. The van der Waals surface area contributed by atoms with Gasteiger partial charge in [-0.3, -0.25) is 4.79 Å². The number of hydrogen-bond acceptors (Lipinski definition) is 6. The topological polar surface area (TPSA) is 75.0 Å². The first kappa shape index (κ1) is 23.4. The molecule has 1 saturated heterocycles. The highest BCUT2D eigenvalue weighted by atomic mass is 16.5. The van der Waals surface area contributed by atoms with Crippen LogP contribution in [0.25, 0.3) is 0 Å². The van der Waals surface area contributed by atoms with Gasteiger partial charge in [-0.05, 0) is 49.7 Å². The van der Waals surface area contributed by atoms with Gasteiger partial charge >= 0.3 is 0 Å². The largest absolute Gasteiger partial charge is 0.490 e. The molecule has 0 aliphatic carbocycles. The summed E-state index contributed by atoms with van der Waals surface area (Å²) in [6.45, 7) is 8.14. The molecule has 0 radical (unpaired) electrons. The summed E-state index contributed by atoms with van der Waals surface area (Å²) in [4.78, 5) is 17.1. The summed E-state index contributed by atoms with van der Waals surface area (Å²) in [6, 6.07) is 15.1. The molecule has 7 heteroatoms. The van der Waals surface area contributed by atoms with Gasteiger partial charge in [0.2, 0.25) is 0 Å². The van der Waals surface area contributed by atoms with Crippen LogP contribution in [0, 0.1) is 11.3 Å². The number of ether oxygens (including phenoxy) is 3. The Kier molecular flexibility index (Phi) is 8.76. The van der Waals surface area contributed by atoms with Gasteiger partial charge in [-0.2, -0.15) is 5.26 Å². The SMILES string of the molecule is CCCCN(C(=O)COc1ccc(C#N)cc1OCC)c1ccc(N2CCOCC2)cc1.